The molecule has 0 spiro atoms. The summed E-state index contributed by atoms with van der Waals surface area (Å²) in [6.07, 6.45) is 0.472. The molecule has 0 aliphatic heterocycles. The van der Waals surface area contributed by atoms with Crippen LogP contribution in [0.4, 0.5) is 0 Å². The summed E-state index contributed by atoms with van der Waals surface area (Å²) in [5.74, 6) is 0.0885. The standard InChI is InChI=1S/C12H17NO/c1-9(2)13-12(14)8-11-6-4-5-10(3)7-11/h4-7,9H,8H2,1-3H3,(H,13,14). The van der Waals surface area contributed by atoms with E-state index in [0.29, 0.717) is 6.42 Å². The molecule has 0 bridgehead atoms. The number of carbonyl (C=O) groups excluding carboxylic acids is 1. The molecule has 0 fully saturated rings. The van der Waals surface area contributed by atoms with Crippen molar-refractivity contribution < 1.29 is 4.79 Å². The summed E-state index contributed by atoms with van der Waals surface area (Å²) in [4.78, 5) is 11.4. The number of nitrogens with one attached hydrogen (secondary N) is 1. The second kappa shape index (κ2) is 4.80. The Hall–Kier alpha value is -1.31. The number of hydrogen-bond donors (Lipinski definition) is 1. The third-order valence-corrected chi connectivity index (χ3v) is 1.90. The van der Waals surface area contributed by atoms with Crippen LogP contribution in [0.3, 0.4) is 0 Å². The van der Waals surface area contributed by atoms with Gasteiger partial charge in [0.15, 0.2) is 0 Å². The molecule has 14 heavy (non-hydrogen) atoms. The van der Waals surface area contributed by atoms with Crippen LogP contribution in [-0.4, -0.2) is 11.9 Å². The van der Waals surface area contributed by atoms with Crippen molar-refractivity contribution in [2.75, 3.05) is 0 Å². The molecule has 0 heterocycles. The molecule has 1 N–H and O–H groups in total. The molecule has 0 radical (unpaired) electrons. The topological polar surface area (TPSA) is 29.1 Å². The van der Waals surface area contributed by atoms with Crippen molar-refractivity contribution in [3.05, 3.63) is 35.4 Å². The van der Waals surface area contributed by atoms with E-state index in [0.717, 1.165) is 5.56 Å². The first-order chi connectivity index (χ1) is 6.58. The predicted molar refractivity (Wildman–Crippen MR) is 58.2 cm³/mol. The Morgan fingerprint density at radius 2 is 2.14 bits per heavy atom. The molecule has 0 aliphatic carbocycles. The van der Waals surface area contributed by atoms with Crippen LogP contribution < -0.4 is 5.32 Å². The van der Waals surface area contributed by atoms with Gasteiger partial charge in [-0.1, -0.05) is 29.8 Å². The van der Waals surface area contributed by atoms with Crippen LogP contribution in [0.2, 0.25) is 0 Å². The van der Waals surface area contributed by atoms with E-state index in [2.05, 4.69) is 5.32 Å². The van der Waals surface area contributed by atoms with E-state index >= 15 is 0 Å². The van der Waals surface area contributed by atoms with Crippen molar-refractivity contribution in [3.63, 3.8) is 0 Å². The smallest absolute Gasteiger partial charge is 0.224 e. The summed E-state index contributed by atoms with van der Waals surface area (Å²) in [6.45, 7) is 5.96. The van der Waals surface area contributed by atoms with Crippen molar-refractivity contribution in [2.24, 2.45) is 0 Å². The molecule has 0 aliphatic rings. The summed E-state index contributed by atoms with van der Waals surface area (Å²) in [5, 5.41) is 2.87. The Kier molecular flexibility index (Phi) is 3.69. The van der Waals surface area contributed by atoms with Crippen LogP contribution in [0, 0.1) is 6.92 Å². The van der Waals surface area contributed by atoms with E-state index < -0.39 is 0 Å². The highest BCUT2D eigenvalue weighted by atomic mass is 16.1. The number of hydrogen-bond acceptors (Lipinski definition) is 1. The van der Waals surface area contributed by atoms with Gasteiger partial charge in [-0.05, 0) is 26.3 Å². The number of rotatable bonds is 3. The average molecular weight is 191 g/mol. The lowest BCUT2D eigenvalue weighted by Crippen LogP contribution is -2.31. The highest BCUT2D eigenvalue weighted by molar-refractivity contribution is 5.78. The molecule has 2 nitrogen and oxygen atoms in total. The molecule has 0 atom stereocenters. The van der Waals surface area contributed by atoms with E-state index in [9.17, 15) is 4.79 Å². The highest BCUT2D eigenvalue weighted by Gasteiger charge is 2.04. The molecule has 0 aromatic heterocycles. The van der Waals surface area contributed by atoms with Gasteiger partial charge in [0.05, 0.1) is 6.42 Å². The maximum atomic E-state index is 11.4. The Morgan fingerprint density at radius 1 is 1.43 bits per heavy atom. The van der Waals surface area contributed by atoms with Gasteiger partial charge in [-0.2, -0.15) is 0 Å². The molecule has 2 heteroatoms. The van der Waals surface area contributed by atoms with E-state index in [1.807, 2.05) is 45.0 Å². The monoisotopic (exact) mass is 191 g/mol. The minimum atomic E-state index is 0.0885. The van der Waals surface area contributed by atoms with E-state index in [4.69, 9.17) is 0 Å². The lowest BCUT2D eigenvalue weighted by Gasteiger charge is -2.08. The van der Waals surface area contributed by atoms with Crippen molar-refractivity contribution >= 4 is 5.91 Å². The second-order valence-electron chi connectivity index (χ2n) is 3.89. The lowest BCUT2D eigenvalue weighted by atomic mass is 10.1. The average Bonchev–Trinajstić information content (AvgIpc) is 2.01. The van der Waals surface area contributed by atoms with Gasteiger partial charge in [0.25, 0.3) is 0 Å². The van der Waals surface area contributed by atoms with Gasteiger partial charge in [-0.15, -0.1) is 0 Å². The van der Waals surface area contributed by atoms with Crippen molar-refractivity contribution in [3.8, 4) is 0 Å². The Balaban J connectivity index is 2.56. The van der Waals surface area contributed by atoms with Crippen LogP contribution in [0.1, 0.15) is 25.0 Å². The Morgan fingerprint density at radius 3 is 2.71 bits per heavy atom. The van der Waals surface area contributed by atoms with Crippen molar-refractivity contribution in [1.82, 2.24) is 5.32 Å². The number of carbonyl (C=O) groups is 1. The fraction of sp³-hybridized carbons (Fsp3) is 0.417. The fourth-order valence-electron chi connectivity index (χ4n) is 1.38. The summed E-state index contributed by atoms with van der Waals surface area (Å²) in [5.41, 5.74) is 2.27. The predicted octanol–water partition coefficient (Wildman–Crippen LogP) is 2.06. The molecule has 1 rings (SSSR count). The molecule has 1 aromatic carbocycles. The van der Waals surface area contributed by atoms with Gasteiger partial charge in [-0.3, -0.25) is 4.79 Å². The molecule has 76 valence electrons. The first-order valence-corrected chi connectivity index (χ1v) is 4.93. The zero-order valence-electron chi connectivity index (χ0n) is 9.00. The summed E-state index contributed by atoms with van der Waals surface area (Å²) in [6, 6.07) is 8.25. The van der Waals surface area contributed by atoms with Crippen LogP contribution in [0.25, 0.3) is 0 Å². The second-order valence-corrected chi connectivity index (χ2v) is 3.89. The number of aryl methyl sites for hydroxylation is 1. The zero-order chi connectivity index (χ0) is 10.6. The largest absolute Gasteiger partial charge is 0.354 e. The van der Waals surface area contributed by atoms with E-state index in [1.54, 1.807) is 0 Å². The maximum Gasteiger partial charge on any atom is 0.224 e. The first-order valence-electron chi connectivity index (χ1n) is 4.93. The quantitative estimate of drug-likeness (QED) is 0.778. The Labute approximate surface area is 85.3 Å². The van der Waals surface area contributed by atoms with Gasteiger partial charge in [0.2, 0.25) is 5.91 Å². The molecular weight excluding hydrogens is 174 g/mol. The van der Waals surface area contributed by atoms with Crippen molar-refractivity contribution in [1.29, 1.82) is 0 Å². The van der Waals surface area contributed by atoms with Crippen molar-refractivity contribution in [2.45, 2.75) is 33.2 Å². The van der Waals surface area contributed by atoms with Crippen LogP contribution in [0.15, 0.2) is 24.3 Å². The molecule has 0 unspecified atom stereocenters. The molecule has 0 saturated carbocycles. The van der Waals surface area contributed by atoms with E-state index in [1.165, 1.54) is 5.56 Å². The Bertz CT molecular complexity index is 318. The van der Waals surface area contributed by atoms with Crippen LogP contribution >= 0.6 is 0 Å². The van der Waals surface area contributed by atoms with Crippen LogP contribution in [-0.2, 0) is 11.2 Å². The lowest BCUT2D eigenvalue weighted by molar-refractivity contribution is -0.120. The van der Waals surface area contributed by atoms with Gasteiger partial charge >= 0.3 is 0 Å². The highest BCUT2D eigenvalue weighted by Crippen LogP contribution is 2.04. The maximum absolute atomic E-state index is 11.4. The van der Waals surface area contributed by atoms with Gasteiger partial charge in [0, 0.05) is 6.04 Å². The molecule has 1 aromatic rings. The third kappa shape index (κ3) is 3.60. The normalized spacial score (nSPS) is 10.3. The summed E-state index contributed by atoms with van der Waals surface area (Å²) < 4.78 is 0. The molecular formula is C12H17NO. The molecule has 0 saturated heterocycles. The SMILES string of the molecule is Cc1cccc(CC(=O)NC(C)C)c1. The van der Waals surface area contributed by atoms with Gasteiger partial charge in [0.1, 0.15) is 0 Å². The summed E-state index contributed by atoms with van der Waals surface area (Å²) >= 11 is 0. The minimum absolute atomic E-state index is 0.0885. The van der Waals surface area contributed by atoms with Gasteiger partial charge < -0.3 is 5.32 Å². The minimum Gasteiger partial charge on any atom is -0.354 e. The number of amides is 1. The molecule has 1 amide bonds. The van der Waals surface area contributed by atoms with Gasteiger partial charge in [-0.25, -0.2) is 0 Å². The summed E-state index contributed by atoms with van der Waals surface area (Å²) in [7, 11) is 0. The van der Waals surface area contributed by atoms with Crippen LogP contribution in [0.5, 0.6) is 0 Å². The first kappa shape index (κ1) is 10.8. The zero-order valence-corrected chi connectivity index (χ0v) is 9.00. The third-order valence-electron chi connectivity index (χ3n) is 1.90. The number of benzene rings is 1. The fourth-order valence-corrected chi connectivity index (χ4v) is 1.38. The van der Waals surface area contributed by atoms with E-state index in [-0.39, 0.29) is 11.9 Å².